The Morgan fingerprint density at radius 1 is 1.15 bits per heavy atom. The first-order chi connectivity index (χ1) is 15.7. The molecule has 172 valence electrons. The van der Waals surface area contributed by atoms with Crippen LogP contribution in [-0.4, -0.2) is 46.7 Å². The van der Waals surface area contributed by atoms with Crippen molar-refractivity contribution < 1.29 is 8.42 Å². The summed E-state index contributed by atoms with van der Waals surface area (Å²) in [6, 6.07) is 14.6. The van der Waals surface area contributed by atoms with E-state index in [2.05, 4.69) is 20.5 Å². The Morgan fingerprint density at radius 3 is 2.64 bits per heavy atom. The highest BCUT2D eigenvalue weighted by Gasteiger charge is 2.20. The SMILES string of the molecule is Cc1ccc(Nc2nc(CSc3nnc(-c4cccc(S(=O)(=O)N(C)C)c4)n3N)cs2)cc1. The summed E-state index contributed by atoms with van der Waals surface area (Å²) in [6.45, 7) is 2.05. The molecule has 12 heteroatoms. The molecule has 0 saturated heterocycles. The van der Waals surface area contributed by atoms with Crippen LogP contribution in [0.25, 0.3) is 11.4 Å². The number of nitrogens with one attached hydrogen (secondary N) is 1. The van der Waals surface area contributed by atoms with Crippen LogP contribution in [0.2, 0.25) is 0 Å². The first kappa shape index (κ1) is 23.2. The Bertz CT molecular complexity index is 1360. The van der Waals surface area contributed by atoms with Gasteiger partial charge in [-0.15, -0.1) is 21.5 Å². The minimum Gasteiger partial charge on any atom is -0.335 e. The molecule has 0 radical (unpaired) electrons. The number of aromatic nitrogens is 4. The van der Waals surface area contributed by atoms with Crippen molar-refractivity contribution in [3.8, 4) is 11.4 Å². The molecule has 0 fully saturated rings. The van der Waals surface area contributed by atoms with Gasteiger partial charge in [-0.25, -0.2) is 22.4 Å². The molecule has 0 unspecified atom stereocenters. The second-order valence-electron chi connectivity index (χ2n) is 7.42. The normalized spacial score (nSPS) is 11.8. The highest BCUT2D eigenvalue weighted by Crippen LogP contribution is 2.28. The molecule has 9 nitrogen and oxygen atoms in total. The molecule has 0 spiro atoms. The number of nitrogens with zero attached hydrogens (tertiary/aromatic N) is 5. The van der Waals surface area contributed by atoms with Crippen LogP contribution in [0.1, 0.15) is 11.3 Å². The fraction of sp³-hybridized carbons (Fsp3) is 0.190. The summed E-state index contributed by atoms with van der Waals surface area (Å²) < 4.78 is 27.4. The van der Waals surface area contributed by atoms with Gasteiger partial charge in [0.25, 0.3) is 0 Å². The lowest BCUT2D eigenvalue weighted by Crippen LogP contribution is -2.22. The summed E-state index contributed by atoms with van der Waals surface area (Å²) in [4.78, 5) is 4.77. The number of thioether (sulfide) groups is 1. The van der Waals surface area contributed by atoms with Gasteiger partial charge in [0.15, 0.2) is 11.0 Å². The van der Waals surface area contributed by atoms with E-state index in [1.165, 1.54) is 53.5 Å². The highest BCUT2D eigenvalue weighted by atomic mass is 32.2. The molecular formula is C21H23N7O2S3. The van der Waals surface area contributed by atoms with Crippen LogP contribution in [0.15, 0.2) is 64.0 Å². The number of nitrogen functional groups attached to an aromatic ring is 1. The van der Waals surface area contributed by atoms with Crippen LogP contribution < -0.4 is 11.2 Å². The van der Waals surface area contributed by atoms with E-state index in [1.807, 2.05) is 36.6 Å². The Morgan fingerprint density at radius 2 is 1.91 bits per heavy atom. The average Bonchev–Trinajstić information content (AvgIpc) is 3.40. The molecule has 2 aromatic carbocycles. The van der Waals surface area contributed by atoms with Crippen molar-refractivity contribution in [2.24, 2.45) is 0 Å². The number of hydrogen-bond acceptors (Lipinski definition) is 9. The fourth-order valence-electron chi connectivity index (χ4n) is 2.91. The maximum absolute atomic E-state index is 12.4. The molecule has 0 aliphatic rings. The number of nitrogens with two attached hydrogens (primary N) is 1. The minimum absolute atomic E-state index is 0.165. The fourth-order valence-corrected chi connectivity index (χ4v) is 5.44. The number of hydrogen-bond donors (Lipinski definition) is 2. The predicted molar refractivity (Wildman–Crippen MR) is 133 cm³/mol. The molecule has 0 aliphatic carbocycles. The molecule has 0 saturated carbocycles. The summed E-state index contributed by atoms with van der Waals surface area (Å²) in [5.41, 5.74) is 3.65. The van der Waals surface area contributed by atoms with Crippen molar-refractivity contribution in [3.05, 3.63) is 65.2 Å². The number of sulfonamides is 1. The van der Waals surface area contributed by atoms with E-state index in [1.54, 1.807) is 18.2 Å². The lowest BCUT2D eigenvalue weighted by Gasteiger charge is -2.12. The molecule has 33 heavy (non-hydrogen) atoms. The lowest BCUT2D eigenvalue weighted by atomic mass is 10.2. The average molecular weight is 502 g/mol. The Balaban J connectivity index is 1.45. The molecule has 2 aromatic heterocycles. The number of aryl methyl sites for hydroxylation is 1. The van der Waals surface area contributed by atoms with Gasteiger partial charge in [-0.3, -0.25) is 0 Å². The Hall–Kier alpha value is -2.93. The topological polar surface area (TPSA) is 119 Å². The third-order valence-electron chi connectivity index (χ3n) is 4.74. The van der Waals surface area contributed by atoms with Crippen LogP contribution in [0, 0.1) is 6.92 Å². The van der Waals surface area contributed by atoms with Crippen LogP contribution in [0.4, 0.5) is 10.8 Å². The number of benzene rings is 2. The Labute approximate surface area is 200 Å². The van der Waals surface area contributed by atoms with Gasteiger partial charge in [0, 0.05) is 36.5 Å². The monoisotopic (exact) mass is 501 g/mol. The van der Waals surface area contributed by atoms with E-state index in [0.29, 0.717) is 22.3 Å². The van der Waals surface area contributed by atoms with Crippen molar-refractivity contribution in [1.29, 1.82) is 0 Å². The Kier molecular flexibility index (Phi) is 6.70. The van der Waals surface area contributed by atoms with E-state index in [4.69, 9.17) is 5.84 Å². The molecule has 0 atom stereocenters. The van der Waals surface area contributed by atoms with Crippen molar-refractivity contribution in [2.75, 3.05) is 25.3 Å². The van der Waals surface area contributed by atoms with E-state index in [0.717, 1.165) is 20.8 Å². The zero-order chi connectivity index (χ0) is 23.6. The molecule has 0 aliphatic heterocycles. The van der Waals surface area contributed by atoms with Crippen molar-refractivity contribution >= 4 is 43.9 Å². The minimum atomic E-state index is -3.57. The maximum atomic E-state index is 12.4. The smallest absolute Gasteiger partial charge is 0.242 e. The highest BCUT2D eigenvalue weighted by molar-refractivity contribution is 7.98. The van der Waals surface area contributed by atoms with Gasteiger partial charge >= 0.3 is 0 Å². The van der Waals surface area contributed by atoms with Gasteiger partial charge in [0.05, 0.1) is 10.6 Å². The van der Waals surface area contributed by atoms with Crippen molar-refractivity contribution in [1.82, 2.24) is 24.2 Å². The third kappa shape index (κ3) is 5.19. The van der Waals surface area contributed by atoms with E-state index in [9.17, 15) is 8.42 Å². The molecule has 3 N–H and O–H groups in total. The molecule has 4 rings (SSSR count). The third-order valence-corrected chi connectivity index (χ3v) is 8.33. The van der Waals surface area contributed by atoms with Crippen molar-refractivity contribution in [2.45, 2.75) is 22.7 Å². The standard InChI is InChI=1S/C21H23N7O2S3/c1-14-7-9-16(10-8-14)23-20-24-17(12-31-20)13-32-21-26-25-19(28(21)22)15-5-4-6-18(11-15)33(29,30)27(2)3/h4-12H,13,22H2,1-3H3,(H,23,24). The largest absolute Gasteiger partial charge is 0.335 e. The van der Waals surface area contributed by atoms with E-state index < -0.39 is 10.0 Å². The van der Waals surface area contributed by atoms with Gasteiger partial charge in [0.1, 0.15) is 0 Å². The van der Waals surface area contributed by atoms with Gasteiger partial charge in [-0.1, -0.05) is 41.6 Å². The van der Waals surface area contributed by atoms with Gasteiger partial charge in [-0.05, 0) is 31.2 Å². The summed E-state index contributed by atoms with van der Waals surface area (Å²) in [5.74, 6) is 7.17. The summed E-state index contributed by atoms with van der Waals surface area (Å²) in [5, 5.41) is 14.9. The second kappa shape index (κ2) is 9.51. The van der Waals surface area contributed by atoms with Crippen LogP contribution in [0.5, 0.6) is 0 Å². The molecule has 0 amide bonds. The van der Waals surface area contributed by atoms with Crippen LogP contribution in [0.3, 0.4) is 0 Å². The van der Waals surface area contributed by atoms with Gasteiger partial charge < -0.3 is 11.2 Å². The quantitative estimate of drug-likeness (QED) is 0.277. The predicted octanol–water partition coefficient (Wildman–Crippen LogP) is 3.71. The lowest BCUT2D eigenvalue weighted by molar-refractivity contribution is 0.521. The molecular weight excluding hydrogens is 478 g/mol. The summed E-state index contributed by atoms with van der Waals surface area (Å²) in [6.07, 6.45) is 0. The second-order valence-corrected chi connectivity index (χ2v) is 11.4. The molecule has 4 aromatic rings. The van der Waals surface area contributed by atoms with Gasteiger partial charge in [0.2, 0.25) is 15.2 Å². The zero-order valence-corrected chi connectivity index (χ0v) is 20.7. The first-order valence-electron chi connectivity index (χ1n) is 9.88. The van der Waals surface area contributed by atoms with E-state index >= 15 is 0 Å². The number of rotatable bonds is 8. The molecule has 0 bridgehead atoms. The maximum Gasteiger partial charge on any atom is 0.242 e. The van der Waals surface area contributed by atoms with E-state index in [-0.39, 0.29) is 4.90 Å². The van der Waals surface area contributed by atoms with Gasteiger partial charge in [-0.2, -0.15) is 0 Å². The summed E-state index contributed by atoms with van der Waals surface area (Å²) >= 11 is 2.93. The van der Waals surface area contributed by atoms with Crippen molar-refractivity contribution in [3.63, 3.8) is 0 Å². The summed E-state index contributed by atoms with van der Waals surface area (Å²) in [7, 11) is -0.589. The molecule has 2 heterocycles. The first-order valence-corrected chi connectivity index (χ1v) is 13.2. The number of thiazole rings is 1. The van der Waals surface area contributed by atoms with Crippen LogP contribution in [-0.2, 0) is 15.8 Å². The number of anilines is 2. The zero-order valence-electron chi connectivity index (χ0n) is 18.3. The van der Waals surface area contributed by atoms with Crippen LogP contribution >= 0.6 is 23.1 Å².